The normalized spacial score (nSPS) is 13.7. The first-order valence-corrected chi connectivity index (χ1v) is 25.9. The Morgan fingerprint density at radius 1 is 0.410 bits per heavy atom. The molecule has 2 atom stereocenters. The zero-order chi connectivity index (χ0) is 44.2. The number of allylic oxidation sites excluding steroid dienone is 16. The molecule has 350 valence electrons. The largest absolute Gasteiger partial charge is 0.394 e. The van der Waals surface area contributed by atoms with Gasteiger partial charge in [-0.1, -0.05) is 252 Å². The van der Waals surface area contributed by atoms with Crippen molar-refractivity contribution >= 4 is 5.91 Å². The summed E-state index contributed by atoms with van der Waals surface area (Å²) < 4.78 is 0. The first kappa shape index (κ1) is 58.3. The minimum atomic E-state index is -0.661. The zero-order valence-corrected chi connectivity index (χ0v) is 40.2. The van der Waals surface area contributed by atoms with Crippen LogP contribution in [-0.4, -0.2) is 34.9 Å². The SMILES string of the molecule is CC/C=C\C/C=C\C/C=C\C/C=C\C/C=C\C/C=C\C/C=C\C/C=C\CCCCCCCCCCCCCCCCC(=O)NC(CO)C(O)CCCCCCCCCCCC. The van der Waals surface area contributed by atoms with E-state index in [0.717, 1.165) is 77.0 Å². The van der Waals surface area contributed by atoms with Gasteiger partial charge in [0, 0.05) is 6.42 Å². The van der Waals surface area contributed by atoms with E-state index in [-0.39, 0.29) is 12.5 Å². The summed E-state index contributed by atoms with van der Waals surface area (Å²) >= 11 is 0. The summed E-state index contributed by atoms with van der Waals surface area (Å²) in [6.45, 7) is 4.22. The number of unbranched alkanes of at least 4 members (excludes halogenated alkanes) is 23. The Morgan fingerprint density at radius 2 is 0.721 bits per heavy atom. The predicted molar refractivity (Wildman–Crippen MR) is 271 cm³/mol. The molecule has 0 aromatic heterocycles. The van der Waals surface area contributed by atoms with E-state index in [2.05, 4.69) is 116 Å². The third-order valence-corrected chi connectivity index (χ3v) is 11.4. The molecule has 0 aromatic carbocycles. The Bertz CT molecular complexity index is 1140. The van der Waals surface area contributed by atoms with Crippen molar-refractivity contribution in [3.05, 3.63) is 97.2 Å². The molecule has 3 N–H and O–H groups in total. The molecule has 0 spiro atoms. The maximum Gasteiger partial charge on any atom is 0.220 e. The van der Waals surface area contributed by atoms with Gasteiger partial charge in [-0.3, -0.25) is 4.79 Å². The van der Waals surface area contributed by atoms with Gasteiger partial charge in [-0.2, -0.15) is 0 Å². The Kier molecular flexibility index (Phi) is 49.4. The second-order valence-corrected chi connectivity index (χ2v) is 17.2. The highest BCUT2D eigenvalue weighted by molar-refractivity contribution is 5.76. The van der Waals surface area contributed by atoms with Gasteiger partial charge in [-0.05, 0) is 77.0 Å². The quantitative estimate of drug-likeness (QED) is 0.0422. The molecular formula is C57H99NO3. The summed E-state index contributed by atoms with van der Waals surface area (Å²) in [5, 5.41) is 23.1. The van der Waals surface area contributed by atoms with Gasteiger partial charge in [0.15, 0.2) is 0 Å². The number of amides is 1. The molecule has 61 heavy (non-hydrogen) atoms. The van der Waals surface area contributed by atoms with Crippen molar-refractivity contribution in [1.82, 2.24) is 5.32 Å². The van der Waals surface area contributed by atoms with E-state index in [9.17, 15) is 15.0 Å². The van der Waals surface area contributed by atoms with Crippen LogP contribution in [0.2, 0.25) is 0 Å². The molecule has 0 saturated carbocycles. The fourth-order valence-electron chi connectivity index (χ4n) is 7.44. The van der Waals surface area contributed by atoms with Crippen molar-refractivity contribution in [2.45, 2.75) is 251 Å². The molecule has 0 radical (unpaired) electrons. The van der Waals surface area contributed by atoms with Crippen molar-refractivity contribution in [2.75, 3.05) is 6.61 Å². The predicted octanol–water partition coefficient (Wildman–Crippen LogP) is 17.0. The number of nitrogens with one attached hydrogen (secondary N) is 1. The monoisotopic (exact) mass is 846 g/mol. The lowest BCUT2D eigenvalue weighted by molar-refractivity contribution is -0.123. The fraction of sp³-hybridized carbons (Fsp3) is 0.702. The molecule has 0 heterocycles. The number of hydrogen-bond acceptors (Lipinski definition) is 3. The topological polar surface area (TPSA) is 69.6 Å². The number of hydrogen-bond donors (Lipinski definition) is 3. The lowest BCUT2D eigenvalue weighted by Gasteiger charge is -2.22. The molecule has 4 nitrogen and oxygen atoms in total. The molecule has 0 aromatic rings. The van der Waals surface area contributed by atoms with E-state index in [1.54, 1.807) is 0 Å². The highest BCUT2D eigenvalue weighted by atomic mass is 16.3. The van der Waals surface area contributed by atoms with Crippen LogP contribution < -0.4 is 5.32 Å². The first-order valence-electron chi connectivity index (χ1n) is 25.9. The molecule has 2 unspecified atom stereocenters. The van der Waals surface area contributed by atoms with Crippen LogP contribution in [0.25, 0.3) is 0 Å². The highest BCUT2D eigenvalue weighted by Gasteiger charge is 2.20. The number of carbonyl (C=O) groups is 1. The molecule has 0 bridgehead atoms. The summed E-state index contributed by atoms with van der Waals surface area (Å²) in [5.41, 5.74) is 0. The van der Waals surface area contributed by atoms with Gasteiger partial charge in [0.25, 0.3) is 0 Å². The molecule has 0 fully saturated rings. The molecule has 0 aliphatic heterocycles. The fourth-order valence-corrected chi connectivity index (χ4v) is 7.44. The van der Waals surface area contributed by atoms with Crippen LogP contribution in [-0.2, 0) is 4.79 Å². The van der Waals surface area contributed by atoms with Crippen molar-refractivity contribution < 1.29 is 15.0 Å². The van der Waals surface area contributed by atoms with Crippen LogP contribution in [0, 0.1) is 0 Å². The van der Waals surface area contributed by atoms with Gasteiger partial charge < -0.3 is 15.5 Å². The van der Waals surface area contributed by atoms with E-state index >= 15 is 0 Å². The van der Waals surface area contributed by atoms with Crippen LogP contribution in [0.5, 0.6) is 0 Å². The maximum atomic E-state index is 12.4. The van der Waals surface area contributed by atoms with Crippen molar-refractivity contribution in [3.63, 3.8) is 0 Å². The van der Waals surface area contributed by atoms with E-state index in [1.165, 1.54) is 135 Å². The Morgan fingerprint density at radius 3 is 1.08 bits per heavy atom. The van der Waals surface area contributed by atoms with Crippen molar-refractivity contribution in [2.24, 2.45) is 0 Å². The lowest BCUT2D eigenvalue weighted by Crippen LogP contribution is -2.45. The summed E-state index contributed by atoms with van der Waals surface area (Å²) in [5.74, 6) is -0.0367. The van der Waals surface area contributed by atoms with Gasteiger partial charge in [0.2, 0.25) is 5.91 Å². The van der Waals surface area contributed by atoms with Crippen molar-refractivity contribution in [3.8, 4) is 0 Å². The first-order chi connectivity index (χ1) is 30.2. The molecule has 0 aliphatic rings. The third-order valence-electron chi connectivity index (χ3n) is 11.4. The average molecular weight is 846 g/mol. The van der Waals surface area contributed by atoms with Gasteiger partial charge in [0.05, 0.1) is 18.8 Å². The summed E-state index contributed by atoms with van der Waals surface area (Å²) in [6, 6.07) is -0.539. The smallest absolute Gasteiger partial charge is 0.220 e. The highest BCUT2D eigenvalue weighted by Crippen LogP contribution is 2.16. The summed E-state index contributed by atoms with van der Waals surface area (Å²) in [7, 11) is 0. The standard InChI is InChI=1S/C57H99NO3/c1-3-5-7-9-11-13-15-16-17-18-19-20-21-22-23-24-25-26-27-28-29-30-31-32-33-34-35-36-37-38-39-40-41-42-43-45-47-49-51-53-57(61)58-55(54-59)56(60)52-50-48-46-44-14-12-10-8-6-4-2/h5,7,11,13,16-17,19-20,22-23,25-26,28-29,31-32,55-56,59-60H,3-4,6,8-10,12,14-15,18,21,24,27,30,33-54H2,1-2H3,(H,58,61)/b7-5-,13-11-,17-16-,20-19-,23-22-,26-25-,29-28-,32-31-. The lowest BCUT2D eigenvalue weighted by atomic mass is 10.0. The van der Waals surface area contributed by atoms with Gasteiger partial charge in [-0.15, -0.1) is 0 Å². The maximum absolute atomic E-state index is 12.4. The van der Waals surface area contributed by atoms with Gasteiger partial charge in [0.1, 0.15) is 0 Å². The molecule has 1 amide bonds. The Balaban J connectivity index is 3.51. The van der Waals surface area contributed by atoms with E-state index in [1.807, 2.05) is 0 Å². The molecule has 0 rings (SSSR count). The van der Waals surface area contributed by atoms with Crippen LogP contribution >= 0.6 is 0 Å². The Labute approximate surface area is 379 Å². The van der Waals surface area contributed by atoms with E-state index in [4.69, 9.17) is 0 Å². The van der Waals surface area contributed by atoms with Crippen LogP contribution in [0.4, 0.5) is 0 Å². The molecule has 0 aliphatic carbocycles. The van der Waals surface area contributed by atoms with Crippen LogP contribution in [0.1, 0.15) is 239 Å². The number of rotatable bonds is 46. The number of carbonyl (C=O) groups excluding carboxylic acids is 1. The van der Waals surface area contributed by atoms with Gasteiger partial charge >= 0.3 is 0 Å². The zero-order valence-electron chi connectivity index (χ0n) is 40.2. The Hall–Kier alpha value is -2.69. The molecular weight excluding hydrogens is 747 g/mol. The average Bonchev–Trinajstić information content (AvgIpc) is 3.26. The van der Waals surface area contributed by atoms with E-state index < -0.39 is 12.1 Å². The summed E-state index contributed by atoms with van der Waals surface area (Å²) in [4.78, 5) is 12.4. The second-order valence-electron chi connectivity index (χ2n) is 17.2. The van der Waals surface area contributed by atoms with Crippen molar-refractivity contribution in [1.29, 1.82) is 0 Å². The summed E-state index contributed by atoms with van der Waals surface area (Å²) in [6.07, 6.45) is 76.7. The number of aliphatic hydroxyl groups is 2. The van der Waals surface area contributed by atoms with Crippen LogP contribution in [0.3, 0.4) is 0 Å². The molecule has 4 heteroatoms. The third kappa shape index (κ3) is 48.2. The molecule has 0 saturated heterocycles. The van der Waals surface area contributed by atoms with Crippen LogP contribution in [0.15, 0.2) is 97.2 Å². The number of aliphatic hydroxyl groups excluding tert-OH is 2. The van der Waals surface area contributed by atoms with Gasteiger partial charge in [-0.25, -0.2) is 0 Å². The van der Waals surface area contributed by atoms with E-state index in [0.29, 0.717) is 12.8 Å². The minimum absolute atomic E-state index is 0.0367. The second kappa shape index (κ2) is 51.7. The minimum Gasteiger partial charge on any atom is -0.394 e.